The summed E-state index contributed by atoms with van der Waals surface area (Å²) in [5.74, 6) is 1.12. The van der Waals surface area contributed by atoms with Gasteiger partial charge >= 0.3 is 0 Å². The molecular formula is C15H8NO2. The number of aromatic nitrogens is 1. The molecule has 0 bridgehead atoms. The zero-order chi connectivity index (χ0) is 11.9. The Balaban J connectivity index is 2.01. The first-order valence-electron chi connectivity index (χ1n) is 5.67. The summed E-state index contributed by atoms with van der Waals surface area (Å²) in [7, 11) is 0. The van der Waals surface area contributed by atoms with Crippen LogP contribution < -0.4 is 0 Å². The molecule has 2 heterocycles. The summed E-state index contributed by atoms with van der Waals surface area (Å²) in [6.07, 6.45) is 2.86. The van der Waals surface area contributed by atoms with Crippen molar-refractivity contribution in [2.24, 2.45) is 0 Å². The zero-order valence-corrected chi connectivity index (χ0v) is 9.38. The number of rotatable bonds is 1. The predicted octanol–water partition coefficient (Wildman–Crippen LogP) is 4.04. The fourth-order valence-corrected chi connectivity index (χ4v) is 2.06. The maximum atomic E-state index is 5.70. The first-order valence-corrected chi connectivity index (χ1v) is 5.67. The summed E-state index contributed by atoms with van der Waals surface area (Å²) in [6.45, 7) is 0. The fraction of sp³-hybridized carbons (Fsp3) is 0. The molecule has 3 heteroatoms. The lowest BCUT2D eigenvalue weighted by atomic mass is 10.2. The predicted molar refractivity (Wildman–Crippen MR) is 68.1 cm³/mol. The minimum Gasteiger partial charge on any atom is -0.446 e. The summed E-state index contributed by atoms with van der Waals surface area (Å²) < 4.78 is 11.1. The standard InChI is InChI=1S/C15H8NO2/c1-2-6-11-10(5-1)9-17-14(11)15-16-12-7-3-4-8-13(12)18-15/h1-8H. The monoisotopic (exact) mass is 234 g/mol. The van der Waals surface area contributed by atoms with Crippen molar-refractivity contribution >= 4 is 21.9 Å². The second-order valence-electron chi connectivity index (χ2n) is 4.07. The molecule has 0 saturated heterocycles. The second kappa shape index (κ2) is 3.47. The Bertz CT molecular complexity index is 809. The molecule has 0 spiro atoms. The van der Waals surface area contributed by atoms with Gasteiger partial charge in [-0.15, -0.1) is 0 Å². The van der Waals surface area contributed by atoms with Crippen molar-refractivity contribution in [3.63, 3.8) is 0 Å². The van der Waals surface area contributed by atoms with Crippen molar-refractivity contribution in [1.29, 1.82) is 0 Å². The molecule has 4 rings (SSSR count). The Morgan fingerprint density at radius 2 is 1.78 bits per heavy atom. The van der Waals surface area contributed by atoms with Gasteiger partial charge in [0.25, 0.3) is 5.89 Å². The number of nitrogens with zero attached hydrogens (tertiary/aromatic N) is 1. The summed E-state index contributed by atoms with van der Waals surface area (Å²) in [6, 6.07) is 15.5. The normalized spacial score (nSPS) is 11.3. The lowest BCUT2D eigenvalue weighted by molar-refractivity contribution is 0.533. The molecule has 0 saturated carbocycles. The van der Waals surface area contributed by atoms with E-state index in [0.29, 0.717) is 11.7 Å². The van der Waals surface area contributed by atoms with Gasteiger partial charge in [-0.3, -0.25) is 0 Å². The van der Waals surface area contributed by atoms with E-state index in [1.165, 1.54) is 0 Å². The van der Waals surface area contributed by atoms with Crippen LogP contribution >= 0.6 is 0 Å². The molecule has 2 aromatic heterocycles. The number of fused-ring (bicyclic) bond motifs is 2. The summed E-state index contributed by atoms with van der Waals surface area (Å²) in [5, 5.41) is 1.89. The SMILES string of the molecule is [c]1oc(-c2nc3ccccc3o2)c2ccccc12. The summed E-state index contributed by atoms with van der Waals surface area (Å²) in [4.78, 5) is 4.42. The first-order chi connectivity index (χ1) is 8.92. The Hall–Kier alpha value is -2.55. The molecule has 0 atom stereocenters. The van der Waals surface area contributed by atoms with Crippen LogP contribution in [-0.4, -0.2) is 4.98 Å². The molecule has 18 heavy (non-hydrogen) atoms. The van der Waals surface area contributed by atoms with Crippen LogP contribution in [0.4, 0.5) is 0 Å². The highest BCUT2D eigenvalue weighted by atomic mass is 16.4. The molecule has 0 N–H and O–H groups in total. The van der Waals surface area contributed by atoms with E-state index < -0.39 is 0 Å². The minimum absolute atomic E-state index is 0.494. The molecule has 85 valence electrons. The quantitative estimate of drug-likeness (QED) is 0.499. The number of furan rings is 1. The number of benzene rings is 2. The largest absolute Gasteiger partial charge is 0.446 e. The van der Waals surface area contributed by atoms with Gasteiger partial charge in [-0.1, -0.05) is 36.4 Å². The molecule has 2 aromatic carbocycles. The van der Waals surface area contributed by atoms with Gasteiger partial charge < -0.3 is 8.83 Å². The van der Waals surface area contributed by atoms with E-state index in [-0.39, 0.29) is 0 Å². The third-order valence-corrected chi connectivity index (χ3v) is 2.92. The highest BCUT2D eigenvalue weighted by molar-refractivity contribution is 5.92. The molecule has 0 aliphatic carbocycles. The molecule has 0 unspecified atom stereocenters. The molecule has 0 aliphatic heterocycles. The summed E-state index contributed by atoms with van der Waals surface area (Å²) in [5.41, 5.74) is 1.58. The lowest BCUT2D eigenvalue weighted by Gasteiger charge is -1.90. The number of hydrogen-bond donors (Lipinski definition) is 0. The Kier molecular flexibility index (Phi) is 1.83. The van der Waals surface area contributed by atoms with Gasteiger partial charge in [-0.05, 0) is 12.1 Å². The average Bonchev–Trinajstić information content (AvgIpc) is 3.02. The van der Waals surface area contributed by atoms with Gasteiger partial charge in [0, 0.05) is 10.8 Å². The van der Waals surface area contributed by atoms with Crippen LogP contribution in [0.5, 0.6) is 0 Å². The third-order valence-electron chi connectivity index (χ3n) is 2.92. The molecule has 3 nitrogen and oxygen atoms in total. The van der Waals surface area contributed by atoms with E-state index in [2.05, 4.69) is 11.2 Å². The second-order valence-corrected chi connectivity index (χ2v) is 4.07. The summed E-state index contributed by atoms with van der Waals surface area (Å²) >= 11 is 0. The van der Waals surface area contributed by atoms with E-state index in [4.69, 9.17) is 8.83 Å². The third kappa shape index (κ3) is 1.27. The van der Waals surface area contributed by atoms with Crippen LogP contribution in [0, 0.1) is 6.26 Å². The van der Waals surface area contributed by atoms with E-state index in [1.54, 1.807) is 0 Å². The van der Waals surface area contributed by atoms with Crippen molar-refractivity contribution in [3.05, 3.63) is 54.8 Å². The van der Waals surface area contributed by atoms with Crippen LogP contribution in [-0.2, 0) is 0 Å². The van der Waals surface area contributed by atoms with Gasteiger partial charge in [-0.25, -0.2) is 4.98 Å². The molecule has 4 aromatic rings. The molecule has 0 fully saturated rings. The van der Waals surface area contributed by atoms with Crippen LogP contribution in [0.1, 0.15) is 0 Å². The topological polar surface area (TPSA) is 39.2 Å². The smallest absolute Gasteiger partial charge is 0.264 e. The molecule has 1 radical (unpaired) electrons. The highest BCUT2D eigenvalue weighted by Gasteiger charge is 2.14. The van der Waals surface area contributed by atoms with E-state index >= 15 is 0 Å². The number of hydrogen-bond acceptors (Lipinski definition) is 3. The fourth-order valence-electron chi connectivity index (χ4n) is 2.06. The van der Waals surface area contributed by atoms with E-state index in [9.17, 15) is 0 Å². The van der Waals surface area contributed by atoms with Crippen molar-refractivity contribution in [2.45, 2.75) is 0 Å². The Labute approximate surface area is 103 Å². The van der Waals surface area contributed by atoms with Gasteiger partial charge in [0.05, 0.1) is 0 Å². The number of oxazole rings is 1. The minimum atomic E-state index is 0.494. The van der Waals surface area contributed by atoms with Crippen LogP contribution in [0.25, 0.3) is 33.5 Å². The maximum Gasteiger partial charge on any atom is 0.264 e. The van der Waals surface area contributed by atoms with Crippen LogP contribution in [0.2, 0.25) is 0 Å². The van der Waals surface area contributed by atoms with E-state index in [0.717, 1.165) is 21.9 Å². The highest BCUT2D eigenvalue weighted by Crippen LogP contribution is 2.31. The maximum absolute atomic E-state index is 5.70. The van der Waals surface area contributed by atoms with Crippen molar-refractivity contribution in [1.82, 2.24) is 4.98 Å². The van der Waals surface area contributed by atoms with Crippen LogP contribution in [0.3, 0.4) is 0 Å². The Morgan fingerprint density at radius 3 is 2.72 bits per heavy atom. The van der Waals surface area contributed by atoms with Crippen molar-refractivity contribution in [2.75, 3.05) is 0 Å². The molecule has 0 aliphatic rings. The lowest BCUT2D eigenvalue weighted by Crippen LogP contribution is -1.73. The zero-order valence-electron chi connectivity index (χ0n) is 9.38. The van der Waals surface area contributed by atoms with Gasteiger partial charge in [0.15, 0.2) is 17.6 Å². The van der Waals surface area contributed by atoms with Gasteiger partial charge in [-0.2, -0.15) is 0 Å². The molecule has 0 amide bonds. The number of para-hydroxylation sites is 2. The van der Waals surface area contributed by atoms with Gasteiger partial charge in [0.1, 0.15) is 5.52 Å². The van der Waals surface area contributed by atoms with E-state index in [1.807, 2.05) is 48.5 Å². The van der Waals surface area contributed by atoms with Crippen LogP contribution in [0.15, 0.2) is 57.4 Å². The Morgan fingerprint density at radius 1 is 0.944 bits per heavy atom. The van der Waals surface area contributed by atoms with Crippen molar-refractivity contribution in [3.8, 4) is 11.7 Å². The average molecular weight is 234 g/mol. The van der Waals surface area contributed by atoms with Gasteiger partial charge in [0.2, 0.25) is 0 Å². The molecular weight excluding hydrogens is 226 g/mol. The first kappa shape index (κ1) is 9.48. The van der Waals surface area contributed by atoms with Crippen molar-refractivity contribution < 1.29 is 8.83 Å².